The molecule has 1 N–H and O–H groups in total. The number of aromatic hydroxyl groups is 1. The van der Waals surface area contributed by atoms with E-state index in [2.05, 4.69) is 89.8 Å². The summed E-state index contributed by atoms with van der Waals surface area (Å²) in [5.41, 5.74) is 5.96. The van der Waals surface area contributed by atoms with E-state index < -0.39 is 0 Å². The van der Waals surface area contributed by atoms with E-state index in [1.165, 1.54) is 0 Å². The van der Waals surface area contributed by atoms with Gasteiger partial charge in [0.15, 0.2) is 5.82 Å². The molecule has 0 unspecified atom stereocenters. The number of phenolic OH excluding ortho intramolecular Hbond substituents is 1. The second-order valence-corrected chi connectivity index (χ2v) is 11.1. The summed E-state index contributed by atoms with van der Waals surface area (Å²) in [4.78, 5) is 17.0. The van der Waals surface area contributed by atoms with E-state index in [-0.39, 0.29) is 5.75 Å². The van der Waals surface area contributed by atoms with Crippen molar-refractivity contribution in [3.05, 3.63) is 164 Å². The van der Waals surface area contributed by atoms with Crippen LogP contribution in [-0.2, 0) is 0 Å². The highest BCUT2D eigenvalue weighted by Gasteiger charge is 2.19. The van der Waals surface area contributed by atoms with Gasteiger partial charge in [-0.1, -0.05) is 115 Å². The van der Waals surface area contributed by atoms with Crippen LogP contribution in [0.1, 0.15) is 0 Å². The zero-order valence-corrected chi connectivity index (χ0v) is 24.8. The van der Waals surface area contributed by atoms with Crippen molar-refractivity contribution in [2.75, 3.05) is 4.90 Å². The maximum atomic E-state index is 10.7. The molecule has 8 rings (SSSR count). The van der Waals surface area contributed by atoms with E-state index in [1.807, 2.05) is 66.9 Å². The third-order valence-electron chi connectivity index (χ3n) is 8.19. The van der Waals surface area contributed by atoms with Crippen molar-refractivity contribution in [1.29, 1.82) is 0 Å². The fourth-order valence-corrected chi connectivity index (χ4v) is 5.93. The van der Waals surface area contributed by atoms with Gasteiger partial charge < -0.3 is 5.11 Å². The van der Waals surface area contributed by atoms with Crippen LogP contribution in [0.5, 0.6) is 5.75 Å². The molecule has 0 radical (unpaired) electrons. The van der Waals surface area contributed by atoms with E-state index in [4.69, 9.17) is 15.0 Å². The van der Waals surface area contributed by atoms with E-state index in [1.54, 1.807) is 12.1 Å². The SMILES string of the molecule is Oc1ccccc1-c1nc(-c2ccccc2)cc(-c2cccc(N(c3cc4ccccc4cn3)c3cccc4ccccc34)c2)n1. The van der Waals surface area contributed by atoms with Crippen LogP contribution in [0.15, 0.2) is 164 Å². The van der Waals surface area contributed by atoms with Gasteiger partial charge in [-0.15, -0.1) is 0 Å². The summed E-state index contributed by atoms with van der Waals surface area (Å²) in [6.07, 6.45) is 1.93. The van der Waals surface area contributed by atoms with Gasteiger partial charge in [-0.05, 0) is 53.2 Å². The minimum Gasteiger partial charge on any atom is -0.507 e. The van der Waals surface area contributed by atoms with Crippen molar-refractivity contribution in [3.8, 4) is 39.7 Å². The highest BCUT2D eigenvalue weighted by Crippen LogP contribution is 2.40. The molecule has 8 aromatic rings. The summed E-state index contributed by atoms with van der Waals surface area (Å²) in [6.45, 7) is 0. The van der Waals surface area contributed by atoms with Crippen LogP contribution >= 0.6 is 0 Å². The fourth-order valence-electron chi connectivity index (χ4n) is 5.93. The second-order valence-electron chi connectivity index (χ2n) is 11.1. The van der Waals surface area contributed by atoms with Gasteiger partial charge >= 0.3 is 0 Å². The largest absolute Gasteiger partial charge is 0.507 e. The molecule has 2 heterocycles. The predicted molar refractivity (Wildman–Crippen MR) is 187 cm³/mol. The van der Waals surface area contributed by atoms with Crippen molar-refractivity contribution in [2.24, 2.45) is 0 Å². The number of fused-ring (bicyclic) bond motifs is 2. The van der Waals surface area contributed by atoms with Crippen molar-refractivity contribution in [2.45, 2.75) is 0 Å². The summed E-state index contributed by atoms with van der Waals surface area (Å²) in [5.74, 6) is 1.41. The third-order valence-corrected chi connectivity index (χ3v) is 8.19. The van der Waals surface area contributed by atoms with E-state index in [0.29, 0.717) is 11.4 Å². The molecular weight excluding hydrogens is 564 g/mol. The molecule has 0 spiro atoms. The Bertz CT molecular complexity index is 2350. The zero-order chi connectivity index (χ0) is 30.9. The Kier molecular flexibility index (Phi) is 6.89. The Balaban J connectivity index is 1.33. The van der Waals surface area contributed by atoms with Gasteiger partial charge in [-0.25, -0.2) is 15.0 Å². The number of pyridine rings is 1. The Morgan fingerprint density at radius 3 is 2.00 bits per heavy atom. The predicted octanol–water partition coefficient (Wildman–Crippen LogP) is 10.4. The van der Waals surface area contributed by atoms with Crippen LogP contribution in [-0.4, -0.2) is 20.1 Å². The van der Waals surface area contributed by atoms with Crippen molar-refractivity contribution in [3.63, 3.8) is 0 Å². The summed E-state index contributed by atoms with van der Waals surface area (Å²) >= 11 is 0. The molecule has 6 aromatic carbocycles. The first-order chi connectivity index (χ1) is 22.7. The Morgan fingerprint density at radius 2 is 1.15 bits per heavy atom. The number of hydrogen-bond acceptors (Lipinski definition) is 5. The molecule has 0 fully saturated rings. The lowest BCUT2D eigenvalue weighted by atomic mass is 10.0. The van der Waals surface area contributed by atoms with E-state index in [0.717, 1.165) is 61.3 Å². The van der Waals surface area contributed by atoms with Crippen molar-refractivity contribution < 1.29 is 5.11 Å². The number of hydrogen-bond donors (Lipinski definition) is 1. The number of anilines is 3. The molecular formula is C41H28N4O. The maximum absolute atomic E-state index is 10.7. The first kappa shape index (κ1) is 27.2. The van der Waals surface area contributed by atoms with Crippen LogP contribution in [0.3, 0.4) is 0 Å². The molecule has 0 amide bonds. The second kappa shape index (κ2) is 11.6. The van der Waals surface area contributed by atoms with Gasteiger partial charge in [0.1, 0.15) is 11.6 Å². The molecule has 0 atom stereocenters. The van der Waals surface area contributed by atoms with Crippen LogP contribution in [0, 0.1) is 0 Å². The first-order valence-electron chi connectivity index (χ1n) is 15.2. The van der Waals surface area contributed by atoms with Crippen LogP contribution in [0.4, 0.5) is 17.2 Å². The zero-order valence-electron chi connectivity index (χ0n) is 24.8. The molecule has 0 aliphatic heterocycles. The van der Waals surface area contributed by atoms with Gasteiger partial charge in [0, 0.05) is 33.8 Å². The molecule has 0 saturated heterocycles. The van der Waals surface area contributed by atoms with E-state index >= 15 is 0 Å². The molecule has 5 heteroatoms. The lowest BCUT2D eigenvalue weighted by Crippen LogP contribution is -2.12. The topological polar surface area (TPSA) is 62.1 Å². The number of nitrogens with zero attached hydrogens (tertiary/aromatic N) is 4. The summed E-state index contributed by atoms with van der Waals surface area (Å²) in [7, 11) is 0. The lowest BCUT2D eigenvalue weighted by molar-refractivity contribution is 0.477. The molecule has 0 aliphatic carbocycles. The molecule has 2 aromatic heterocycles. The van der Waals surface area contributed by atoms with Crippen molar-refractivity contribution >= 4 is 38.7 Å². The molecule has 0 aliphatic rings. The standard InChI is InChI=1S/C41H28N4O/c46-39-23-9-8-21-35(39)41-43-36(29-13-2-1-3-14-29)26-37(44-41)31-18-10-19-33(24-31)45(38-22-11-17-28-12-6-7-20-34(28)38)40-25-30-15-4-5-16-32(30)27-42-40/h1-27,46H. The van der Waals surface area contributed by atoms with Crippen LogP contribution < -0.4 is 4.90 Å². The third kappa shape index (κ3) is 5.10. The number of phenols is 1. The fraction of sp³-hybridized carbons (Fsp3) is 0. The molecule has 218 valence electrons. The number of para-hydroxylation sites is 1. The van der Waals surface area contributed by atoms with Gasteiger partial charge in [0.25, 0.3) is 0 Å². The normalized spacial score (nSPS) is 11.1. The van der Waals surface area contributed by atoms with E-state index in [9.17, 15) is 5.11 Å². The monoisotopic (exact) mass is 592 g/mol. The highest BCUT2D eigenvalue weighted by atomic mass is 16.3. The average molecular weight is 593 g/mol. The Labute approximate surface area is 266 Å². The lowest BCUT2D eigenvalue weighted by Gasteiger charge is -2.26. The van der Waals surface area contributed by atoms with Gasteiger partial charge in [0.2, 0.25) is 0 Å². The molecule has 5 nitrogen and oxygen atoms in total. The molecule has 46 heavy (non-hydrogen) atoms. The average Bonchev–Trinajstić information content (AvgIpc) is 3.12. The molecule has 0 saturated carbocycles. The van der Waals surface area contributed by atoms with Gasteiger partial charge in [-0.2, -0.15) is 0 Å². The Hall–Kier alpha value is -6.33. The minimum absolute atomic E-state index is 0.136. The first-order valence-corrected chi connectivity index (χ1v) is 15.2. The van der Waals surface area contributed by atoms with Crippen molar-refractivity contribution in [1.82, 2.24) is 15.0 Å². The minimum atomic E-state index is 0.136. The van der Waals surface area contributed by atoms with Crippen LogP contribution in [0.2, 0.25) is 0 Å². The highest BCUT2D eigenvalue weighted by molar-refractivity contribution is 5.99. The summed E-state index contributed by atoms with van der Waals surface area (Å²) in [5, 5.41) is 15.2. The number of benzene rings is 6. The van der Waals surface area contributed by atoms with Crippen LogP contribution in [0.25, 0.3) is 55.4 Å². The van der Waals surface area contributed by atoms with Gasteiger partial charge in [-0.3, -0.25) is 4.90 Å². The maximum Gasteiger partial charge on any atom is 0.164 e. The number of rotatable bonds is 6. The quantitative estimate of drug-likeness (QED) is 0.208. The molecule has 0 bridgehead atoms. The van der Waals surface area contributed by atoms with Gasteiger partial charge in [0.05, 0.1) is 22.6 Å². The Morgan fingerprint density at radius 1 is 0.500 bits per heavy atom. The summed E-state index contributed by atoms with van der Waals surface area (Å²) in [6, 6.07) is 52.8. The number of aromatic nitrogens is 3. The summed E-state index contributed by atoms with van der Waals surface area (Å²) < 4.78 is 0. The smallest absolute Gasteiger partial charge is 0.164 e.